The average molecular weight is 261 g/mol. The highest BCUT2D eigenvalue weighted by molar-refractivity contribution is 5.69. The lowest BCUT2D eigenvalue weighted by Gasteiger charge is -2.35. The van der Waals surface area contributed by atoms with Crippen molar-refractivity contribution in [3.63, 3.8) is 0 Å². The van der Waals surface area contributed by atoms with Crippen molar-refractivity contribution >= 4 is 5.97 Å². The van der Waals surface area contributed by atoms with Gasteiger partial charge in [-0.1, -0.05) is 36.8 Å². The molecule has 3 heteroatoms. The van der Waals surface area contributed by atoms with Crippen molar-refractivity contribution in [3.05, 3.63) is 35.9 Å². The average Bonchev–Trinajstić information content (AvgIpc) is 2.47. The van der Waals surface area contributed by atoms with Crippen LogP contribution in [0.1, 0.15) is 31.2 Å². The SMILES string of the molecule is COC(=O)CC1CCCCN1CCc1ccccc1. The van der Waals surface area contributed by atoms with Crippen LogP contribution in [0.4, 0.5) is 0 Å². The van der Waals surface area contributed by atoms with Crippen molar-refractivity contribution in [1.29, 1.82) is 0 Å². The largest absolute Gasteiger partial charge is 0.469 e. The van der Waals surface area contributed by atoms with Crippen LogP contribution in [0.3, 0.4) is 0 Å². The van der Waals surface area contributed by atoms with Gasteiger partial charge in [-0.05, 0) is 31.4 Å². The summed E-state index contributed by atoms with van der Waals surface area (Å²) in [6.45, 7) is 2.14. The number of ether oxygens (including phenoxy) is 1. The molecule has 0 spiro atoms. The predicted molar refractivity (Wildman–Crippen MR) is 76.0 cm³/mol. The summed E-state index contributed by atoms with van der Waals surface area (Å²) in [6, 6.07) is 10.9. The Bertz CT molecular complexity index is 391. The van der Waals surface area contributed by atoms with Gasteiger partial charge in [0.1, 0.15) is 0 Å². The third-order valence-electron chi connectivity index (χ3n) is 3.91. The van der Waals surface area contributed by atoms with E-state index in [0.717, 1.165) is 25.9 Å². The maximum absolute atomic E-state index is 11.5. The van der Waals surface area contributed by atoms with Gasteiger partial charge in [0, 0.05) is 12.6 Å². The molecular formula is C16H23NO2. The highest BCUT2D eigenvalue weighted by Crippen LogP contribution is 2.20. The van der Waals surface area contributed by atoms with E-state index in [1.807, 2.05) is 6.07 Å². The molecule has 1 aliphatic heterocycles. The molecule has 1 atom stereocenters. The minimum atomic E-state index is -0.0865. The summed E-state index contributed by atoms with van der Waals surface area (Å²) in [7, 11) is 1.47. The van der Waals surface area contributed by atoms with E-state index in [9.17, 15) is 4.79 Å². The number of esters is 1. The highest BCUT2D eigenvalue weighted by atomic mass is 16.5. The third-order valence-corrected chi connectivity index (χ3v) is 3.91. The Labute approximate surface area is 115 Å². The van der Waals surface area contributed by atoms with E-state index in [1.165, 1.54) is 25.5 Å². The summed E-state index contributed by atoms with van der Waals surface area (Å²) in [4.78, 5) is 13.9. The minimum absolute atomic E-state index is 0.0865. The zero-order chi connectivity index (χ0) is 13.5. The fourth-order valence-electron chi connectivity index (χ4n) is 2.78. The topological polar surface area (TPSA) is 29.5 Å². The van der Waals surface area contributed by atoms with Crippen molar-refractivity contribution in [1.82, 2.24) is 4.90 Å². The standard InChI is InChI=1S/C16H23NO2/c1-19-16(18)13-15-9-5-6-11-17(15)12-10-14-7-3-2-4-8-14/h2-4,7-8,15H,5-6,9-13H2,1H3. The molecule has 3 nitrogen and oxygen atoms in total. The lowest BCUT2D eigenvalue weighted by atomic mass is 9.98. The van der Waals surface area contributed by atoms with Gasteiger partial charge >= 0.3 is 5.97 Å². The summed E-state index contributed by atoms with van der Waals surface area (Å²) >= 11 is 0. The van der Waals surface area contributed by atoms with Gasteiger partial charge in [0.15, 0.2) is 0 Å². The van der Waals surface area contributed by atoms with Crippen LogP contribution < -0.4 is 0 Å². The van der Waals surface area contributed by atoms with Crippen molar-refractivity contribution in [2.45, 2.75) is 38.1 Å². The molecule has 0 aliphatic carbocycles. The van der Waals surface area contributed by atoms with Gasteiger partial charge in [0.05, 0.1) is 13.5 Å². The van der Waals surface area contributed by atoms with Crippen LogP contribution in [0.15, 0.2) is 30.3 Å². The molecule has 19 heavy (non-hydrogen) atoms. The molecular weight excluding hydrogens is 238 g/mol. The lowest BCUT2D eigenvalue weighted by Crippen LogP contribution is -2.42. The maximum Gasteiger partial charge on any atom is 0.307 e. The van der Waals surface area contributed by atoms with Gasteiger partial charge in [-0.25, -0.2) is 0 Å². The van der Waals surface area contributed by atoms with Crippen molar-refractivity contribution in [3.8, 4) is 0 Å². The Hall–Kier alpha value is -1.35. The first-order valence-corrected chi connectivity index (χ1v) is 7.14. The summed E-state index contributed by atoms with van der Waals surface area (Å²) in [5.74, 6) is -0.0865. The number of carbonyl (C=O) groups excluding carboxylic acids is 1. The van der Waals surface area contributed by atoms with Crippen LogP contribution in [0, 0.1) is 0 Å². The number of carbonyl (C=O) groups is 1. The Kier molecular flexibility index (Phi) is 5.40. The minimum Gasteiger partial charge on any atom is -0.469 e. The Balaban J connectivity index is 1.87. The molecule has 1 aromatic carbocycles. The number of rotatable bonds is 5. The maximum atomic E-state index is 11.5. The van der Waals surface area contributed by atoms with E-state index >= 15 is 0 Å². The molecule has 0 aromatic heterocycles. The van der Waals surface area contributed by atoms with E-state index in [0.29, 0.717) is 12.5 Å². The van der Waals surface area contributed by atoms with Gasteiger partial charge in [0.2, 0.25) is 0 Å². The number of benzene rings is 1. The molecule has 1 unspecified atom stereocenters. The first-order chi connectivity index (χ1) is 9.29. The molecule has 1 saturated heterocycles. The first-order valence-electron chi connectivity index (χ1n) is 7.14. The third kappa shape index (κ3) is 4.35. The number of hydrogen-bond acceptors (Lipinski definition) is 3. The van der Waals surface area contributed by atoms with Gasteiger partial charge in [0.25, 0.3) is 0 Å². The molecule has 1 heterocycles. The normalized spacial score (nSPS) is 20.2. The summed E-state index contributed by atoms with van der Waals surface area (Å²) in [6.07, 6.45) is 5.17. The molecule has 0 bridgehead atoms. The molecule has 1 aromatic rings. The Morgan fingerprint density at radius 1 is 1.32 bits per heavy atom. The number of likely N-dealkylation sites (tertiary alicyclic amines) is 1. The van der Waals surface area contributed by atoms with Crippen molar-refractivity contribution in [2.75, 3.05) is 20.2 Å². The molecule has 0 saturated carbocycles. The number of methoxy groups -OCH3 is 1. The highest BCUT2D eigenvalue weighted by Gasteiger charge is 2.24. The van der Waals surface area contributed by atoms with E-state index in [4.69, 9.17) is 4.74 Å². The zero-order valence-corrected chi connectivity index (χ0v) is 11.7. The zero-order valence-electron chi connectivity index (χ0n) is 11.7. The lowest BCUT2D eigenvalue weighted by molar-refractivity contribution is -0.142. The smallest absolute Gasteiger partial charge is 0.307 e. The molecule has 1 fully saturated rings. The number of nitrogens with zero attached hydrogens (tertiary/aromatic N) is 1. The van der Waals surface area contributed by atoms with E-state index in [-0.39, 0.29) is 5.97 Å². The van der Waals surface area contributed by atoms with E-state index in [2.05, 4.69) is 29.2 Å². The Morgan fingerprint density at radius 3 is 2.84 bits per heavy atom. The molecule has 1 aliphatic rings. The number of piperidine rings is 1. The van der Waals surface area contributed by atoms with Crippen LogP contribution in [0.25, 0.3) is 0 Å². The quantitative estimate of drug-likeness (QED) is 0.763. The van der Waals surface area contributed by atoms with Gasteiger partial charge < -0.3 is 4.74 Å². The van der Waals surface area contributed by atoms with Crippen LogP contribution in [-0.4, -0.2) is 37.1 Å². The monoisotopic (exact) mass is 261 g/mol. The molecule has 0 amide bonds. The summed E-state index contributed by atoms with van der Waals surface area (Å²) in [5, 5.41) is 0. The second-order valence-electron chi connectivity index (χ2n) is 5.20. The van der Waals surface area contributed by atoms with Gasteiger partial charge in [-0.15, -0.1) is 0 Å². The van der Waals surface area contributed by atoms with E-state index in [1.54, 1.807) is 0 Å². The van der Waals surface area contributed by atoms with Crippen molar-refractivity contribution in [2.24, 2.45) is 0 Å². The molecule has 2 rings (SSSR count). The van der Waals surface area contributed by atoms with Crippen LogP contribution in [0.5, 0.6) is 0 Å². The van der Waals surface area contributed by atoms with E-state index < -0.39 is 0 Å². The number of hydrogen-bond donors (Lipinski definition) is 0. The van der Waals surface area contributed by atoms with Gasteiger partial charge in [-0.3, -0.25) is 9.69 Å². The van der Waals surface area contributed by atoms with Crippen LogP contribution >= 0.6 is 0 Å². The van der Waals surface area contributed by atoms with Gasteiger partial charge in [-0.2, -0.15) is 0 Å². The molecule has 0 N–H and O–H groups in total. The fraction of sp³-hybridized carbons (Fsp3) is 0.562. The van der Waals surface area contributed by atoms with Crippen molar-refractivity contribution < 1.29 is 9.53 Å². The molecule has 104 valence electrons. The fourth-order valence-corrected chi connectivity index (χ4v) is 2.78. The summed E-state index contributed by atoms with van der Waals surface area (Å²) < 4.78 is 4.80. The molecule has 0 radical (unpaired) electrons. The Morgan fingerprint density at radius 2 is 2.11 bits per heavy atom. The second kappa shape index (κ2) is 7.29. The first kappa shape index (κ1) is 14.1. The second-order valence-corrected chi connectivity index (χ2v) is 5.20. The van der Waals surface area contributed by atoms with Crippen LogP contribution in [-0.2, 0) is 16.0 Å². The summed E-state index contributed by atoms with van der Waals surface area (Å²) in [5.41, 5.74) is 1.37. The predicted octanol–water partition coefficient (Wildman–Crippen LogP) is 2.65. The van der Waals surface area contributed by atoms with Crippen LogP contribution in [0.2, 0.25) is 0 Å².